The van der Waals surface area contributed by atoms with Gasteiger partial charge in [-0.3, -0.25) is 9.10 Å². The summed E-state index contributed by atoms with van der Waals surface area (Å²) in [5.74, 6) is -0.170. The van der Waals surface area contributed by atoms with E-state index in [2.05, 4.69) is 0 Å². The first-order valence-corrected chi connectivity index (χ1v) is 15.1. The van der Waals surface area contributed by atoms with Gasteiger partial charge in [-0.25, -0.2) is 12.8 Å². The summed E-state index contributed by atoms with van der Waals surface area (Å²) in [6, 6.07) is 28.8. The van der Waals surface area contributed by atoms with Crippen molar-refractivity contribution in [2.45, 2.75) is 26.2 Å². The standard InChI is InChI=1S/C33H30FNO4S/c1-3-30(36)32-28-21-27(24-14-8-5-9-15-24)29(22-31(28)39-33(32)25-16-18-26(34)19-17-25)35(40(2,37)38)20-10-13-23-11-6-4-7-12-23/h4-9,11-12,14-19,21-22H,3,10,13,20H2,1-2H3. The van der Waals surface area contributed by atoms with E-state index in [1.165, 1.54) is 22.7 Å². The van der Waals surface area contributed by atoms with Gasteiger partial charge < -0.3 is 4.42 Å². The van der Waals surface area contributed by atoms with Crippen LogP contribution in [0.25, 0.3) is 33.4 Å². The molecule has 5 aromatic rings. The molecule has 0 amide bonds. The summed E-state index contributed by atoms with van der Waals surface area (Å²) in [6.07, 6.45) is 2.79. The Labute approximate surface area is 233 Å². The Morgan fingerprint density at radius 1 is 0.875 bits per heavy atom. The number of sulfonamides is 1. The summed E-state index contributed by atoms with van der Waals surface area (Å²) in [6.45, 7) is 2.05. The first-order chi connectivity index (χ1) is 19.3. The molecule has 5 nitrogen and oxygen atoms in total. The number of Topliss-reactive ketones (excluding diaryl/α,β-unsaturated/α-hetero) is 1. The molecule has 0 aliphatic rings. The monoisotopic (exact) mass is 555 g/mol. The Morgan fingerprint density at radius 2 is 1.52 bits per heavy atom. The van der Waals surface area contributed by atoms with Crippen LogP contribution in [0.5, 0.6) is 0 Å². The number of hydrogen-bond donors (Lipinski definition) is 0. The smallest absolute Gasteiger partial charge is 0.232 e. The molecule has 0 radical (unpaired) electrons. The van der Waals surface area contributed by atoms with Crippen molar-refractivity contribution >= 4 is 32.5 Å². The maximum Gasteiger partial charge on any atom is 0.232 e. The molecule has 0 spiro atoms. The highest BCUT2D eigenvalue weighted by molar-refractivity contribution is 7.92. The van der Waals surface area contributed by atoms with E-state index < -0.39 is 15.8 Å². The molecule has 0 unspecified atom stereocenters. The molecule has 5 rings (SSSR count). The Kier molecular flexibility index (Phi) is 7.85. The minimum absolute atomic E-state index is 0.118. The number of ketones is 1. The third kappa shape index (κ3) is 5.70. The van der Waals surface area contributed by atoms with Gasteiger partial charge >= 0.3 is 0 Å². The van der Waals surface area contributed by atoms with Crippen molar-refractivity contribution in [3.8, 4) is 22.5 Å². The van der Waals surface area contributed by atoms with Crippen molar-refractivity contribution < 1.29 is 22.0 Å². The van der Waals surface area contributed by atoms with Gasteiger partial charge in [0.1, 0.15) is 17.2 Å². The fourth-order valence-corrected chi connectivity index (χ4v) is 5.95. The zero-order valence-corrected chi connectivity index (χ0v) is 23.2. The van der Waals surface area contributed by atoms with Crippen LogP contribution in [0.2, 0.25) is 0 Å². The van der Waals surface area contributed by atoms with E-state index in [0.717, 1.165) is 17.5 Å². The zero-order chi connectivity index (χ0) is 28.3. The average Bonchev–Trinajstić information content (AvgIpc) is 3.33. The van der Waals surface area contributed by atoms with Crippen LogP contribution in [-0.4, -0.2) is 27.0 Å². The molecule has 204 valence electrons. The van der Waals surface area contributed by atoms with Gasteiger partial charge in [-0.1, -0.05) is 67.6 Å². The van der Waals surface area contributed by atoms with Crippen LogP contribution in [0.4, 0.5) is 10.1 Å². The van der Waals surface area contributed by atoms with Crippen LogP contribution in [-0.2, 0) is 16.4 Å². The van der Waals surface area contributed by atoms with E-state index in [0.29, 0.717) is 45.5 Å². The topological polar surface area (TPSA) is 67.6 Å². The Morgan fingerprint density at radius 3 is 2.15 bits per heavy atom. The number of aryl methyl sites for hydroxylation is 1. The quantitative estimate of drug-likeness (QED) is 0.164. The van der Waals surface area contributed by atoms with Crippen molar-refractivity contribution in [2.24, 2.45) is 0 Å². The Bertz CT molecular complexity index is 1750. The molecule has 0 N–H and O–H groups in total. The molecule has 0 atom stereocenters. The van der Waals surface area contributed by atoms with E-state index >= 15 is 0 Å². The van der Waals surface area contributed by atoms with Crippen LogP contribution in [0, 0.1) is 5.82 Å². The van der Waals surface area contributed by atoms with Crippen LogP contribution in [0.1, 0.15) is 35.7 Å². The summed E-state index contributed by atoms with van der Waals surface area (Å²) < 4.78 is 47.7. The number of fused-ring (bicyclic) bond motifs is 1. The number of carbonyl (C=O) groups excluding carboxylic acids is 1. The predicted molar refractivity (Wildman–Crippen MR) is 159 cm³/mol. The van der Waals surface area contributed by atoms with Gasteiger partial charge in [0, 0.05) is 35.5 Å². The molecule has 0 saturated carbocycles. The first kappa shape index (κ1) is 27.3. The number of furan rings is 1. The van der Waals surface area contributed by atoms with Gasteiger partial charge in [0.2, 0.25) is 10.0 Å². The second-order valence-electron chi connectivity index (χ2n) is 9.75. The highest BCUT2D eigenvalue weighted by atomic mass is 32.2. The molecule has 7 heteroatoms. The number of carbonyl (C=O) groups is 1. The van der Waals surface area contributed by atoms with E-state index in [1.54, 1.807) is 25.1 Å². The third-order valence-electron chi connectivity index (χ3n) is 6.94. The van der Waals surface area contributed by atoms with Crippen LogP contribution < -0.4 is 4.31 Å². The molecular weight excluding hydrogens is 525 g/mol. The largest absolute Gasteiger partial charge is 0.455 e. The number of rotatable bonds is 10. The molecule has 1 aromatic heterocycles. The number of hydrogen-bond acceptors (Lipinski definition) is 4. The lowest BCUT2D eigenvalue weighted by atomic mass is 9.96. The maximum absolute atomic E-state index is 13.7. The fraction of sp³-hybridized carbons (Fsp3) is 0.182. The van der Waals surface area contributed by atoms with Gasteiger partial charge in [-0.05, 0) is 54.3 Å². The van der Waals surface area contributed by atoms with Gasteiger partial charge in [0.25, 0.3) is 0 Å². The number of benzene rings is 4. The van der Waals surface area contributed by atoms with Crippen molar-refractivity contribution in [1.29, 1.82) is 0 Å². The molecule has 0 aliphatic heterocycles. The highest BCUT2D eigenvalue weighted by Gasteiger charge is 2.27. The number of halogens is 1. The van der Waals surface area contributed by atoms with Crippen LogP contribution in [0.15, 0.2) is 101 Å². The van der Waals surface area contributed by atoms with Crippen molar-refractivity contribution in [1.82, 2.24) is 0 Å². The predicted octanol–water partition coefficient (Wildman–Crippen LogP) is 7.90. The lowest BCUT2D eigenvalue weighted by molar-refractivity contribution is 0.0989. The fourth-order valence-electron chi connectivity index (χ4n) is 4.98. The second kappa shape index (κ2) is 11.5. The van der Waals surface area contributed by atoms with Gasteiger partial charge in [0.15, 0.2) is 5.78 Å². The molecular formula is C33H30FNO4S. The van der Waals surface area contributed by atoms with E-state index in [1.807, 2.05) is 66.7 Å². The molecule has 0 aliphatic carbocycles. The summed E-state index contributed by atoms with van der Waals surface area (Å²) in [4.78, 5) is 13.2. The van der Waals surface area contributed by atoms with Gasteiger partial charge in [0.05, 0.1) is 17.5 Å². The lowest BCUT2D eigenvalue weighted by Crippen LogP contribution is -2.31. The average molecular weight is 556 g/mol. The van der Waals surface area contributed by atoms with E-state index in [9.17, 15) is 17.6 Å². The minimum Gasteiger partial charge on any atom is -0.455 e. The second-order valence-corrected chi connectivity index (χ2v) is 11.7. The summed E-state index contributed by atoms with van der Waals surface area (Å²) in [5.41, 5.74) is 4.47. The Hall–Kier alpha value is -4.23. The summed E-state index contributed by atoms with van der Waals surface area (Å²) in [5, 5.41) is 0.589. The van der Waals surface area contributed by atoms with Crippen LogP contribution in [0.3, 0.4) is 0 Å². The normalized spacial score (nSPS) is 11.6. The van der Waals surface area contributed by atoms with Crippen molar-refractivity contribution in [3.63, 3.8) is 0 Å². The molecule has 40 heavy (non-hydrogen) atoms. The first-order valence-electron chi connectivity index (χ1n) is 13.2. The summed E-state index contributed by atoms with van der Waals surface area (Å²) in [7, 11) is -3.67. The van der Waals surface area contributed by atoms with Gasteiger partial charge in [-0.15, -0.1) is 0 Å². The minimum atomic E-state index is -3.67. The van der Waals surface area contributed by atoms with E-state index in [4.69, 9.17) is 4.42 Å². The lowest BCUT2D eigenvalue weighted by Gasteiger charge is -2.25. The molecule has 0 saturated heterocycles. The van der Waals surface area contributed by atoms with Crippen molar-refractivity contribution in [3.05, 3.63) is 114 Å². The Balaban J connectivity index is 1.69. The number of nitrogens with zero attached hydrogens (tertiary/aromatic N) is 1. The molecule has 0 fully saturated rings. The summed E-state index contributed by atoms with van der Waals surface area (Å²) >= 11 is 0. The van der Waals surface area contributed by atoms with Crippen LogP contribution >= 0.6 is 0 Å². The highest BCUT2D eigenvalue weighted by Crippen LogP contribution is 2.42. The van der Waals surface area contributed by atoms with Crippen molar-refractivity contribution in [2.75, 3.05) is 17.1 Å². The third-order valence-corrected chi connectivity index (χ3v) is 8.12. The SMILES string of the molecule is CCC(=O)c1c(-c2ccc(F)cc2)oc2cc(N(CCCc3ccccc3)S(C)(=O)=O)c(-c3ccccc3)cc12. The van der Waals surface area contributed by atoms with E-state index in [-0.39, 0.29) is 18.7 Å². The van der Waals surface area contributed by atoms with Gasteiger partial charge in [-0.2, -0.15) is 0 Å². The zero-order valence-electron chi connectivity index (χ0n) is 22.4. The maximum atomic E-state index is 13.7. The molecule has 4 aromatic carbocycles. The number of anilines is 1. The molecule has 1 heterocycles. The molecule has 0 bridgehead atoms.